The molecule has 0 aliphatic carbocycles. The van der Waals surface area contributed by atoms with Crippen LogP contribution in [0.25, 0.3) is 0 Å². The minimum Gasteiger partial charge on any atom is -0.488 e. The van der Waals surface area contributed by atoms with Crippen molar-refractivity contribution in [1.82, 2.24) is 10.3 Å². The third-order valence-electron chi connectivity index (χ3n) is 4.51. The van der Waals surface area contributed by atoms with E-state index in [1.165, 1.54) is 6.20 Å². The van der Waals surface area contributed by atoms with Gasteiger partial charge in [-0.2, -0.15) is 0 Å². The van der Waals surface area contributed by atoms with Gasteiger partial charge in [-0.3, -0.25) is 14.6 Å². The number of nitrogens with one attached hydrogen (secondary N) is 1. The van der Waals surface area contributed by atoms with Gasteiger partial charge in [-0.1, -0.05) is 19.9 Å². The standard InChI is InChI=1S/C22H26F2N2O3/c1-13(2)20(27)11-17-10-16(7-8-25-17)22(28)26-15(4)19-6-5-18(9-14(19)3)29-12-21(23)24/h5-10,13,15,21H,11-12H2,1-4H3,(H,26,28). The number of Topliss-reactive ketones (excluding diaryl/α,β-unsaturated/α-hetero) is 1. The molecule has 2 aromatic rings. The second-order valence-electron chi connectivity index (χ2n) is 7.25. The Morgan fingerprint density at radius 2 is 1.86 bits per heavy atom. The Hall–Kier alpha value is -2.83. The number of rotatable bonds is 9. The van der Waals surface area contributed by atoms with Gasteiger partial charge in [-0.15, -0.1) is 0 Å². The number of hydrogen-bond donors (Lipinski definition) is 1. The van der Waals surface area contributed by atoms with Gasteiger partial charge in [0.05, 0.1) is 6.04 Å². The molecular formula is C22H26F2N2O3. The Morgan fingerprint density at radius 1 is 1.14 bits per heavy atom. The lowest BCUT2D eigenvalue weighted by Crippen LogP contribution is -2.27. The molecule has 0 spiro atoms. The van der Waals surface area contributed by atoms with E-state index in [0.29, 0.717) is 17.0 Å². The maximum Gasteiger partial charge on any atom is 0.272 e. The van der Waals surface area contributed by atoms with Crippen molar-refractivity contribution in [2.75, 3.05) is 6.61 Å². The van der Waals surface area contributed by atoms with Crippen molar-refractivity contribution >= 4 is 11.7 Å². The summed E-state index contributed by atoms with van der Waals surface area (Å²) in [5, 5.41) is 2.91. The summed E-state index contributed by atoms with van der Waals surface area (Å²) in [6.07, 6.45) is -0.828. The summed E-state index contributed by atoms with van der Waals surface area (Å²) in [5.41, 5.74) is 2.66. The fourth-order valence-corrected chi connectivity index (χ4v) is 2.84. The summed E-state index contributed by atoms with van der Waals surface area (Å²) in [5.74, 6) is 0.0485. The topological polar surface area (TPSA) is 68.3 Å². The summed E-state index contributed by atoms with van der Waals surface area (Å²) in [7, 11) is 0. The highest BCUT2D eigenvalue weighted by atomic mass is 19.3. The maximum atomic E-state index is 12.6. The number of hydrogen-bond acceptors (Lipinski definition) is 4. The molecule has 0 saturated heterocycles. The van der Waals surface area contributed by atoms with Crippen LogP contribution >= 0.6 is 0 Å². The average molecular weight is 404 g/mol. The van der Waals surface area contributed by atoms with Crippen LogP contribution in [-0.4, -0.2) is 29.7 Å². The van der Waals surface area contributed by atoms with Gasteiger partial charge in [-0.25, -0.2) is 8.78 Å². The van der Waals surface area contributed by atoms with Crippen molar-refractivity contribution in [2.45, 2.75) is 46.6 Å². The first-order valence-electron chi connectivity index (χ1n) is 9.47. The van der Waals surface area contributed by atoms with Crippen molar-refractivity contribution in [3.8, 4) is 5.75 Å². The monoisotopic (exact) mass is 404 g/mol. The number of halogens is 2. The summed E-state index contributed by atoms with van der Waals surface area (Å²) >= 11 is 0. The molecule has 0 radical (unpaired) electrons. The molecule has 1 N–H and O–H groups in total. The van der Waals surface area contributed by atoms with Crippen molar-refractivity contribution in [2.24, 2.45) is 5.92 Å². The first-order valence-corrected chi connectivity index (χ1v) is 9.47. The number of carbonyl (C=O) groups excluding carboxylic acids is 2. The highest BCUT2D eigenvalue weighted by Crippen LogP contribution is 2.23. The summed E-state index contributed by atoms with van der Waals surface area (Å²) in [6, 6.07) is 7.94. The quantitative estimate of drug-likeness (QED) is 0.677. The maximum absolute atomic E-state index is 12.6. The van der Waals surface area contributed by atoms with E-state index in [1.807, 2.05) is 27.7 Å². The minimum absolute atomic E-state index is 0.0631. The summed E-state index contributed by atoms with van der Waals surface area (Å²) in [6.45, 7) is 6.66. The Bertz CT molecular complexity index is 869. The predicted octanol–water partition coefficient (Wildman–Crippen LogP) is 4.29. The molecule has 0 bridgehead atoms. The molecule has 0 aliphatic rings. The fourth-order valence-electron chi connectivity index (χ4n) is 2.84. The van der Waals surface area contributed by atoms with Gasteiger partial charge in [-0.05, 0) is 49.2 Å². The zero-order valence-corrected chi connectivity index (χ0v) is 17.0. The average Bonchev–Trinajstić information content (AvgIpc) is 2.66. The highest BCUT2D eigenvalue weighted by molar-refractivity contribution is 5.94. The molecule has 2 rings (SSSR count). The van der Waals surface area contributed by atoms with Crippen molar-refractivity contribution in [3.63, 3.8) is 0 Å². The van der Waals surface area contributed by atoms with Crippen LogP contribution in [0, 0.1) is 12.8 Å². The molecule has 0 fully saturated rings. The third-order valence-corrected chi connectivity index (χ3v) is 4.51. The van der Waals surface area contributed by atoms with Crippen LogP contribution in [-0.2, 0) is 11.2 Å². The molecular weight excluding hydrogens is 378 g/mol. The van der Waals surface area contributed by atoms with Crippen LogP contribution in [0.4, 0.5) is 8.78 Å². The molecule has 0 aliphatic heterocycles. The molecule has 1 aromatic heterocycles. The number of benzene rings is 1. The number of ketones is 1. The Kier molecular flexibility index (Phi) is 7.82. The predicted molar refractivity (Wildman–Crippen MR) is 106 cm³/mol. The summed E-state index contributed by atoms with van der Waals surface area (Å²) in [4.78, 5) is 28.7. The molecule has 29 heavy (non-hydrogen) atoms. The number of amides is 1. The fraction of sp³-hybridized carbons (Fsp3) is 0.409. The Balaban J connectivity index is 2.06. The molecule has 1 atom stereocenters. The number of nitrogens with zero attached hydrogens (tertiary/aromatic N) is 1. The van der Waals surface area contributed by atoms with E-state index < -0.39 is 13.0 Å². The third kappa shape index (κ3) is 6.62. The number of ether oxygens (including phenoxy) is 1. The van der Waals surface area contributed by atoms with Crippen LogP contribution in [0.2, 0.25) is 0 Å². The van der Waals surface area contributed by atoms with E-state index in [1.54, 1.807) is 30.3 Å². The zero-order valence-electron chi connectivity index (χ0n) is 17.0. The van der Waals surface area contributed by atoms with Crippen LogP contribution in [0.5, 0.6) is 5.75 Å². The van der Waals surface area contributed by atoms with Gasteiger partial charge in [0.15, 0.2) is 0 Å². The lowest BCUT2D eigenvalue weighted by Gasteiger charge is -2.18. The molecule has 7 heteroatoms. The van der Waals surface area contributed by atoms with E-state index in [0.717, 1.165) is 11.1 Å². The van der Waals surface area contributed by atoms with Crippen molar-refractivity contribution in [1.29, 1.82) is 0 Å². The SMILES string of the molecule is Cc1cc(OCC(F)F)ccc1C(C)NC(=O)c1ccnc(CC(=O)C(C)C)c1. The van der Waals surface area contributed by atoms with Gasteiger partial charge < -0.3 is 10.1 Å². The molecule has 1 heterocycles. The van der Waals surface area contributed by atoms with Gasteiger partial charge in [0.25, 0.3) is 12.3 Å². The smallest absolute Gasteiger partial charge is 0.272 e. The molecule has 156 valence electrons. The van der Waals surface area contributed by atoms with Crippen molar-refractivity contribution in [3.05, 3.63) is 58.9 Å². The van der Waals surface area contributed by atoms with Crippen LogP contribution in [0.1, 0.15) is 54.0 Å². The first-order chi connectivity index (χ1) is 13.7. The second kappa shape index (κ2) is 10.1. The highest BCUT2D eigenvalue weighted by Gasteiger charge is 2.16. The summed E-state index contributed by atoms with van der Waals surface area (Å²) < 4.78 is 29.6. The number of alkyl halides is 2. The second-order valence-corrected chi connectivity index (χ2v) is 7.25. The molecule has 0 saturated carbocycles. The van der Waals surface area contributed by atoms with Gasteiger partial charge in [0, 0.05) is 29.8 Å². The van der Waals surface area contributed by atoms with E-state index in [9.17, 15) is 18.4 Å². The number of carbonyl (C=O) groups is 2. The molecule has 1 aromatic carbocycles. The van der Waals surface area contributed by atoms with Crippen LogP contribution in [0.15, 0.2) is 36.5 Å². The lowest BCUT2D eigenvalue weighted by atomic mass is 10.0. The molecule has 1 unspecified atom stereocenters. The van der Waals surface area contributed by atoms with Crippen molar-refractivity contribution < 1.29 is 23.1 Å². The Labute approximate surface area is 169 Å². The van der Waals surface area contributed by atoms with Gasteiger partial charge in [0.1, 0.15) is 18.1 Å². The van der Waals surface area contributed by atoms with Crippen LogP contribution < -0.4 is 10.1 Å². The van der Waals surface area contributed by atoms with E-state index >= 15 is 0 Å². The number of aromatic nitrogens is 1. The first kappa shape index (κ1) is 22.5. The van der Waals surface area contributed by atoms with Crippen LogP contribution in [0.3, 0.4) is 0 Å². The van der Waals surface area contributed by atoms with Gasteiger partial charge in [0.2, 0.25) is 0 Å². The zero-order chi connectivity index (χ0) is 21.6. The Morgan fingerprint density at radius 3 is 2.48 bits per heavy atom. The van der Waals surface area contributed by atoms with E-state index in [4.69, 9.17) is 4.74 Å². The van der Waals surface area contributed by atoms with E-state index in [2.05, 4.69) is 10.3 Å². The number of aryl methyl sites for hydroxylation is 1. The van der Waals surface area contributed by atoms with Gasteiger partial charge >= 0.3 is 0 Å². The molecule has 5 nitrogen and oxygen atoms in total. The minimum atomic E-state index is -2.53. The lowest BCUT2D eigenvalue weighted by molar-refractivity contribution is -0.121. The van der Waals surface area contributed by atoms with E-state index in [-0.39, 0.29) is 30.1 Å². The normalized spacial score (nSPS) is 12.1. The molecule has 1 amide bonds. The number of pyridine rings is 1. The largest absolute Gasteiger partial charge is 0.488 e.